The molecule has 0 saturated carbocycles. The second kappa shape index (κ2) is 8.87. The minimum atomic E-state index is -0.889. The summed E-state index contributed by atoms with van der Waals surface area (Å²) in [5.41, 5.74) is 0. The van der Waals surface area contributed by atoms with Gasteiger partial charge >= 0.3 is 5.97 Å². The minimum Gasteiger partial charge on any atom is -0.480 e. The summed E-state index contributed by atoms with van der Waals surface area (Å²) >= 11 is 0. The van der Waals surface area contributed by atoms with Gasteiger partial charge in [0.15, 0.2) is 0 Å². The molecule has 1 unspecified atom stereocenters. The molecule has 2 N–H and O–H groups in total. The van der Waals surface area contributed by atoms with Crippen molar-refractivity contribution in [3.63, 3.8) is 0 Å². The van der Waals surface area contributed by atoms with Crippen LogP contribution in [0.15, 0.2) is 0 Å². The van der Waals surface area contributed by atoms with Gasteiger partial charge in [-0.15, -0.1) is 0 Å². The summed E-state index contributed by atoms with van der Waals surface area (Å²) in [5.74, 6) is -1.30. The molecule has 1 aliphatic rings. The average molecular weight is 269 g/mol. The smallest absolute Gasteiger partial charge is 0.317 e. The van der Waals surface area contributed by atoms with Crippen molar-refractivity contribution in [3.05, 3.63) is 0 Å². The summed E-state index contributed by atoms with van der Waals surface area (Å²) < 4.78 is 0. The van der Waals surface area contributed by atoms with Crippen LogP contribution in [0, 0.1) is 0 Å². The molecule has 0 spiro atoms. The molecule has 0 bridgehead atoms. The quantitative estimate of drug-likeness (QED) is 0.441. The van der Waals surface area contributed by atoms with Crippen molar-refractivity contribution in [3.8, 4) is 0 Å². The van der Waals surface area contributed by atoms with E-state index in [0.717, 1.165) is 6.42 Å². The third kappa shape index (κ3) is 5.67. The van der Waals surface area contributed by atoms with E-state index in [1.165, 1.54) is 6.92 Å². The zero-order chi connectivity index (χ0) is 12.3. The van der Waals surface area contributed by atoms with Gasteiger partial charge in [-0.1, -0.05) is 7.43 Å². The second-order valence-corrected chi connectivity index (χ2v) is 4.27. The maximum Gasteiger partial charge on any atom is 0.317 e. The molecule has 1 aliphatic heterocycles. The molecule has 0 aromatic rings. The van der Waals surface area contributed by atoms with Crippen molar-refractivity contribution in [2.75, 3.05) is 13.1 Å². The summed E-state index contributed by atoms with van der Waals surface area (Å²) in [6.45, 7) is 3.60. The zero-order valence-corrected chi connectivity index (χ0v) is 12.6. The van der Waals surface area contributed by atoms with E-state index in [4.69, 9.17) is 5.11 Å². The third-order valence-electron chi connectivity index (χ3n) is 2.99. The molecule has 6 nitrogen and oxygen atoms in total. The Kier molecular flexibility index (Phi) is 9.95. The van der Waals surface area contributed by atoms with Crippen molar-refractivity contribution < 1.29 is 19.9 Å². The van der Waals surface area contributed by atoms with Crippen LogP contribution < -0.4 is 0 Å². The molecule has 1 heterocycles. The van der Waals surface area contributed by atoms with Crippen LogP contribution in [0.3, 0.4) is 0 Å². The van der Waals surface area contributed by atoms with Gasteiger partial charge in [-0.25, -0.2) is 5.06 Å². The maximum absolute atomic E-state index is 11.0. The molecule has 1 fully saturated rings. The summed E-state index contributed by atoms with van der Waals surface area (Å²) in [4.78, 5) is 23.4. The first kappa shape index (κ1) is 20.2. The van der Waals surface area contributed by atoms with Gasteiger partial charge in [-0.3, -0.25) is 19.7 Å². The minimum absolute atomic E-state index is 0. The van der Waals surface area contributed by atoms with Crippen LogP contribution >= 0.6 is 0 Å². The predicted molar refractivity (Wildman–Crippen MR) is 68.5 cm³/mol. The maximum atomic E-state index is 11.0. The number of carboxylic acid groups (broad SMARTS) is 1. The number of carboxylic acids is 1. The van der Waals surface area contributed by atoms with Crippen molar-refractivity contribution >= 4 is 41.4 Å². The number of carbonyl (C=O) groups is 2. The van der Waals surface area contributed by atoms with Crippen LogP contribution in [0.1, 0.15) is 34.1 Å². The average Bonchev–Trinajstić information content (AvgIpc) is 2.19. The van der Waals surface area contributed by atoms with E-state index in [-0.39, 0.29) is 55.6 Å². The molecule has 7 heteroatoms. The third-order valence-corrected chi connectivity index (χ3v) is 2.99. The van der Waals surface area contributed by atoms with Gasteiger partial charge in [0.25, 0.3) is 0 Å². The van der Waals surface area contributed by atoms with Gasteiger partial charge in [0.2, 0.25) is 5.91 Å². The Morgan fingerprint density at radius 2 is 1.94 bits per heavy atom. The molecule has 1 saturated heterocycles. The van der Waals surface area contributed by atoms with Gasteiger partial charge < -0.3 is 5.11 Å². The molecule has 18 heavy (non-hydrogen) atoms. The summed E-state index contributed by atoms with van der Waals surface area (Å²) in [7, 11) is 0. The molecule has 0 aromatic carbocycles. The number of hydrogen-bond donors (Lipinski definition) is 2. The molecule has 1 rings (SSSR count). The standard InChI is InChI=1S/C10H18N2O4.CH4.Na/c1-7-3-4-9(12(16)8(2)13)5-11(7)6-10(14)15;;/h7,9,16H,3-6H2,1-2H3,(H,14,15);1H4;/t7-,9?;;/m1../s1. The molecular formula is C11H22N2NaO4. The number of nitrogens with zero attached hydrogens (tertiary/aromatic N) is 2. The zero-order valence-electron chi connectivity index (χ0n) is 10.6. The molecule has 101 valence electrons. The van der Waals surface area contributed by atoms with E-state index in [1.54, 1.807) is 4.90 Å². The number of aliphatic carboxylic acids is 1. The van der Waals surface area contributed by atoms with E-state index >= 15 is 0 Å². The Morgan fingerprint density at radius 3 is 2.39 bits per heavy atom. The van der Waals surface area contributed by atoms with Gasteiger partial charge in [0.1, 0.15) is 0 Å². The van der Waals surface area contributed by atoms with Gasteiger partial charge in [0.05, 0.1) is 12.6 Å². The van der Waals surface area contributed by atoms with E-state index in [0.29, 0.717) is 18.0 Å². The van der Waals surface area contributed by atoms with Gasteiger partial charge in [0, 0.05) is 49.1 Å². The van der Waals surface area contributed by atoms with Crippen molar-refractivity contribution in [2.45, 2.75) is 46.2 Å². The van der Waals surface area contributed by atoms with E-state index in [9.17, 15) is 14.8 Å². The van der Waals surface area contributed by atoms with Gasteiger partial charge in [-0.2, -0.15) is 0 Å². The molecular weight excluding hydrogens is 247 g/mol. The van der Waals surface area contributed by atoms with Crippen LogP contribution in [-0.2, 0) is 9.59 Å². The number of hydrogen-bond acceptors (Lipinski definition) is 4. The summed E-state index contributed by atoms with van der Waals surface area (Å²) in [5, 5.41) is 18.9. The fourth-order valence-corrected chi connectivity index (χ4v) is 2.01. The SMILES string of the molecule is C.CC(=O)N(O)C1CC[C@@H](C)N(CC(=O)O)C1.[Na]. The molecule has 0 aliphatic carbocycles. The number of hydroxylamine groups is 2. The van der Waals surface area contributed by atoms with Crippen LogP contribution in [0.2, 0.25) is 0 Å². The fourth-order valence-electron chi connectivity index (χ4n) is 2.01. The van der Waals surface area contributed by atoms with Crippen molar-refractivity contribution in [1.29, 1.82) is 0 Å². The normalized spacial score (nSPS) is 23.5. The van der Waals surface area contributed by atoms with Crippen LogP contribution in [0.25, 0.3) is 0 Å². The van der Waals surface area contributed by atoms with E-state index in [1.807, 2.05) is 6.92 Å². The van der Waals surface area contributed by atoms with E-state index < -0.39 is 11.9 Å². The monoisotopic (exact) mass is 269 g/mol. The molecule has 1 amide bonds. The summed E-state index contributed by atoms with van der Waals surface area (Å²) in [6, 6.07) is -0.124. The Balaban J connectivity index is 0. The first-order valence-corrected chi connectivity index (χ1v) is 5.36. The molecule has 0 aromatic heterocycles. The number of piperidine rings is 1. The topological polar surface area (TPSA) is 81.1 Å². The first-order valence-electron chi connectivity index (χ1n) is 5.36. The van der Waals surface area contributed by atoms with E-state index in [2.05, 4.69) is 0 Å². The number of likely N-dealkylation sites (tertiary alicyclic amines) is 1. The van der Waals surface area contributed by atoms with Crippen LogP contribution in [0.5, 0.6) is 0 Å². The van der Waals surface area contributed by atoms with Crippen molar-refractivity contribution in [2.24, 2.45) is 0 Å². The van der Waals surface area contributed by atoms with Crippen LogP contribution in [0.4, 0.5) is 0 Å². The Labute approximate surface area is 130 Å². The van der Waals surface area contributed by atoms with Crippen LogP contribution in [-0.4, -0.2) is 86.9 Å². The summed E-state index contributed by atoms with van der Waals surface area (Å²) in [6.07, 6.45) is 1.48. The van der Waals surface area contributed by atoms with Crippen molar-refractivity contribution in [1.82, 2.24) is 9.96 Å². The number of rotatable bonds is 3. The van der Waals surface area contributed by atoms with Gasteiger partial charge in [-0.05, 0) is 19.8 Å². The predicted octanol–water partition coefficient (Wildman–Crippen LogP) is 0.417. The Bertz CT molecular complexity index is 288. The molecule has 2 atom stereocenters. The Hall–Kier alpha value is -0.140. The second-order valence-electron chi connectivity index (χ2n) is 4.27. The Morgan fingerprint density at radius 1 is 1.39 bits per heavy atom. The first-order chi connectivity index (χ1) is 7.41. The largest absolute Gasteiger partial charge is 0.480 e. The number of carbonyl (C=O) groups excluding carboxylic acids is 1. The number of amides is 1. The molecule has 1 radical (unpaired) electrons. The fraction of sp³-hybridized carbons (Fsp3) is 0.818.